The number of morpholine rings is 1. The lowest BCUT2D eigenvalue weighted by atomic mass is 10.2. The number of benzene rings is 1. The molecule has 0 saturated carbocycles. The highest BCUT2D eigenvalue weighted by Gasteiger charge is 2.36. The number of aromatic nitrogens is 2. The van der Waals surface area contributed by atoms with E-state index in [9.17, 15) is 8.42 Å². The Kier molecular flexibility index (Phi) is 5.71. The molecular weight excluding hydrogens is 392 g/mol. The van der Waals surface area contributed by atoms with Gasteiger partial charge in [-0.05, 0) is 26.0 Å². The largest absolute Gasteiger partial charge is 0.383 e. The molecular formula is C19H28N6O3S. The van der Waals surface area contributed by atoms with Gasteiger partial charge in [-0.15, -0.1) is 0 Å². The molecule has 9 nitrogen and oxygen atoms in total. The first-order valence-corrected chi connectivity index (χ1v) is 11.4. The molecule has 0 aliphatic carbocycles. The monoisotopic (exact) mass is 420 g/mol. The first-order chi connectivity index (χ1) is 13.8. The van der Waals surface area contributed by atoms with Crippen LogP contribution >= 0.6 is 0 Å². The topological polar surface area (TPSA) is 105 Å². The molecule has 1 aromatic carbocycles. The number of hydrogen-bond donors (Lipinski definition) is 1. The molecule has 1 aromatic heterocycles. The Morgan fingerprint density at radius 2 is 1.69 bits per heavy atom. The number of ether oxygens (including phenoxy) is 1. The van der Waals surface area contributed by atoms with Crippen molar-refractivity contribution in [1.29, 1.82) is 0 Å². The minimum atomic E-state index is -3.47. The van der Waals surface area contributed by atoms with E-state index >= 15 is 0 Å². The summed E-state index contributed by atoms with van der Waals surface area (Å²) in [5.41, 5.74) is 6.90. The summed E-state index contributed by atoms with van der Waals surface area (Å²) >= 11 is 0. The van der Waals surface area contributed by atoms with Crippen molar-refractivity contribution < 1.29 is 13.2 Å². The van der Waals surface area contributed by atoms with E-state index in [2.05, 4.69) is 14.9 Å². The first kappa shape index (κ1) is 20.4. The number of nitrogen functional groups attached to an aromatic ring is 1. The van der Waals surface area contributed by atoms with Crippen LogP contribution in [0, 0.1) is 0 Å². The standard InChI is InChI=1S/C19H28N6O3S/c1-14-11-25(12-15(2)28-14)29(26,27)24-9-7-23(8-10-24)13-18-21-17-6-4-3-5-16(17)19(20)22-18/h3-6,14-15H,7-13H2,1-2H3,(H2,20,21,22). The van der Waals surface area contributed by atoms with Gasteiger partial charge in [-0.2, -0.15) is 17.0 Å². The van der Waals surface area contributed by atoms with E-state index in [-0.39, 0.29) is 12.2 Å². The van der Waals surface area contributed by atoms with Gasteiger partial charge in [0.1, 0.15) is 11.6 Å². The van der Waals surface area contributed by atoms with Crippen LogP contribution in [0.4, 0.5) is 5.82 Å². The van der Waals surface area contributed by atoms with Crippen molar-refractivity contribution in [1.82, 2.24) is 23.5 Å². The summed E-state index contributed by atoms with van der Waals surface area (Å²) in [6.45, 7) is 7.33. The highest BCUT2D eigenvalue weighted by molar-refractivity contribution is 7.86. The number of rotatable bonds is 4. The normalized spacial score (nSPS) is 25.4. The molecule has 158 valence electrons. The molecule has 29 heavy (non-hydrogen) atoms. The van der Waals surface area contributed by atoms with E-state index in [0.717, 1.165) is 10.9 Å². The zero-order valence-electron chi connectivity index (χ0n) is 16.9. The van der Waals surface area contributed by atoms with Gasteiger partial charge in [-0.1, -0.05) is 12.1 Å². The summed E-state index contributed by atoms with van der Waals surface area (Å²) < 4.78 is 34.8. The lowest BCUT2D eigenvalue weighted by Gasteiger charge is -2.40. The number of anilines is 1. The van der Waals surface area contributed by atoms with Crippen molar-refractivity contribution in [3.63, 3.8) is 0 Å². The van der Waals surface area contributed by atoms with Crippen LogP contribution in [0.3, 0.4) is 0 Å². The van der Waals surface area contributed by atoms with Crippen LogP contribution in [0.5, 0.6) is 0 Å². The second kappa shape index (κ2) is 8.11. The van der Waals surface area contributed by atoms with Crippen molar-refractivity contribution in [3.05, 3.63) is 30.1 Å². The van der Waals surface area contributed by atoms with E-state index in [1.807, 2.05) is 38.1 Å². The van der Waals surface area contributed by atoms with Crippen LogP contribution in [-0.4, -0.2) is 83.4 Å². The number of fused-ring (bicyclic) bond motifs is 1. The van der Waals surface area contributed by atoms with E-state index in [1.54, 1.807) is 8.61 Å². The molecule has 2 aromatic rings. The third kappa shape index (κ3) is 4.36. The van der Waals surface area contributed by atoms with Crippen LogP contribution in [0.2, 0.25) is 0 Å². The molecule has 4 rings (SSSR count). The summed E-state index contributed by atoms with van der Waals surface area (Å²) in [6.07, 6.45) is -0.185. The molecule has 0 radical (unpaired) electrons. The quantitative estimate of drug-likeness (QED) is 0.776. The second-order valence-electron chi connectivity index (χ2n) is 7.80. The van der Waals surface area contributed by atoms with Gasteiger partial charge >= 0.3 is 0 Å². The number of hydrogen-bond acceptors (Lipinski definition) is 7. The third-order valence-electron chi connectivity index (χ3n) is 5.41. The highest BCUT2D eigenvalue weighted by Crippen LogP contribution is 2.21. The average molecular weight is 421 g/mol. The van der Waals surface area contributed by atoms with Gasteiger partial charge in [0.15, 0.2) is 0 Å². The van der Waals surface area contributed by atoms with Crippen LogP contribution < -0.4 is 5.73 Å². The molecule has 2 aliphatic heterocycles. The van der Waals surface area contributed by atoms with Crippen molar-refractivity contribution in [2.24, 2.45) is 0 Å². The molecule has 3 heterocycles. The smallest absolute Gasteiger partial charge is 0.282 e. The summed E-state index contributed by atoms with van der Waals surface area (Å²) in [5.74, 6) is 1.13. The van der Waals surface area contributed by atoms with Gasteiger partial charge in [0, 0.05) is 44.7 Å². The highest BCUT2D eigenvalue weighted by atomic mass is 32.2. The summed E-state index contributed by atoms with van der Waals surface area (Å²) in [5, 5.41) is 0.848. The summed E-state index contributed by atoms with van der Waals surface area (Å²) in [7, 11) is -3.47. The Labute approximate surface area is 171 Å². The van der Waals surface area contributed by atoms with Gasteiger partial charge in [0.25, 0.3) is 10.2 Å². The second-order valence-corrected chi connectivity index (χ2v) is 9.73. The molecule has 2 unspecified atom stereocenters. The zero-order chi connectivity index (χ0) is 20.6. The Morgan fingerprint density at radius 3 is 2.38 bits per heavy atom. The predicted octanol–water partition coefficient (Wildman–Crippen LogP) is 0.684. The maximum absolute atomic E-state index is 13.0. The minimum absolute atomic E-state index is 0.0923. The summed E-state index contributed by atoms with van der Waals surface area (Å²) in [4.78, 5) is 11.2. The fourth-order valence-electron chi connectivity index (χ4n) is 4.02. The molecule has 2 fully saturated rings. The Hall–Kier alpha value is -1.85. The summed E-state index contributed by atoms with van der Waals surface area (Å²) in [6, 6.07) is 7.67. The lowest BCUT2D eigenvalue weighted by molar-refractivity contribution is -0.0457. The lowest BCUT2D eigenvalue weighted by Crippen LogP contribution is -2.57. The molecule has 2 N–H and O–H groups in total. The maximum Gasteiger partial charge on any atom is 0.282 e. The van der Waals surface area contributed by atoms with Crippen molar-refractivity contribution in [3.8, 4) is 0 Å². The molecule has 0 amide bonds. The predicted molar refractivity (Wildman–Crippen MR) is 111 cm³/mol. The van der Waals surface area contributed by atoms with Gasteiger partial charge in [-0.3, -0.25) is 4.90 Å². The van der Waals surface area contributed by atoms with Crippen LogP contribution in [0.15, 0.2) is 24.3 Å². The van der Waals surface area contributed by atoms with Gasteiger partial charge < -0.3 is 10.5 Å². The van der Waals surface area contributed by atoms with Crippen LogP contribution in [0.25, 0.3) is 10.9 Å². The third-order valence-corrected chi connectivity index (χ3v) is 7.38. The molecule has 10 heteroatoms. The first-order valence-electron chi connectivity index (χ1n) is 9.97. The molecule has 0 bridgehead atoms. The van der Waals surface area contributed by atoms with Crippen molar-refractivity contribution in [2.45, 2.75) is 32.6 Å². The van der Waals surface area contributed by atoms with E-state index in [0.29, 0.717) is 57.5 Å². The average Bonchev–Trinajstić information content (AvgIpc) is 2.68. The molecule has 0 spiro atoms. The van der Waals surface area contributed by atoms with E-state index in [4.69, 9.17) is 10.5 Å². The number of nitrogens with two attached hydrogens (primary N) is 1. The van der Waals surface area contributed by atoms with Crippen LogP contribution in [-0.2, 0) is 21.5 Å². The zero-order valence-corrected chi connectivity index (χ0v) is 17.7. The van der Waals surface area contributed by atoms with Gasteiger partial charge in [-0.25, -0.2) is 9.97 Å². The number of piperazine rings is 1. The number of para-hydroxylation sites is 1. The fraction of sp³-hybridized carbons (Fsp3) is 0.579. The fourth-order valence-corrected chi connectivity index (χ4v) is 5.77. The molecule has 2 atom stereocenters. The molecule has 2 aliphatic rings. The Morgan fingerprint density at radius 1 is 1.03 bits per heavy atom. The Balaban J connectivity index is 1.39. The maximum atomic E-state index is 13.0. The van der Waals surface area contributed by atoms with Gasteiger partial charge in [0.2, 0.25) is 0 Å². The number of nitrogens with zero attached hydrogens (tertiary/aromatic N) is 5. The minimum Gasteiger partial charge on any atom is -0.383 e. The van der Waals surface area contributed by atoms with Crippen LogP contribution in [0.1, 0.15) is 19.7 Å². The van der Waals surface area contributed by atoms with E-state index in [1.165, 1.54) is 0 Å². The van der Waals surface area contributed by atoms with E-state index < -0.39 is 10.2 Å². The van der Waals surface area contributed by atoms with Crippen molar-refractivity contribution >= 4 is 26.9 Å². The van der Waals surface area contributed by atoms with Gasteiger partial charge in [0.05, 0.1) is 24.3 Å². The molecule has 2 saturated heterocycles. The SMILES string of the molecule is CC1CN(S(=O)(=O)N2CCN(Cc3nc(N)c4ccccc4n3)CC2)CC(C)O1. The van der Waals surface area contributed by atoms with Crippen molar-refractivity contribution in [2.75, 3.05) is 45.0 Å². The Bertz CT molecular complexity index is 967.